The summed E-state index contributed by atoms with van der Waals surface area (Å²) in [7, 11) is 0. The lowest BCUT2D eigenvalue weighted by Crippen LogP contribution is -2.42. The molecule has 150 valence electrons. The molecule has 8 heteroatoms. The zero-order valence-corrected chi connectivity index (χ0v) is 17.7. The minimum atomic E-state index is -0.520. The number of thiophene rings is 1. The lowest BCUT2D eigenvalue weighted by atomic mass is 10.0. The summed E-state index contributed by atoms with van der Waals surface area (Å²) in [6.45, 7) is 1.51. The maximum Gasteiger partial charge on any atom is 0.231 e. The largest absolute Gasteiger partial charge is 0.345 e. The molecule has 0 unspecified atom stereocenters. The molecule has 1 saturated carbocycles. The van der Waals surface area contributed by atoms with E-state index in [1.807, 2.05) is 47.8 Å². The van der Waals surface area contributed by atoms with E-state index in [0.29, 0.717) is 12.5 Å². The van der Waals surface area contributed by atoms with E-state index < -0.39 is 6.04 Å². The lowest BCUT2D eigenvalue weighted by molar-refractivity contribution is -0.125. The highest BCUT2D eigenvalue weighted by Gasteiger charge is 2.30. The first-order valence-corrected chi connectivity index (χ1v) is 11.4. The Morgan fingerprint density at radius 2 is 2.00 bits per heavy atom. The third kappa shape index (κ3) is 4.94. The second-order valence-electron chi connectivity index (χ2n) is 7.09. The number of rotatable bonds is 9. The molecule has 2 aromatic heterocycles. The van der Waals surface area contributed by atoms with Crippen LogP contribution in [-0.4, -0.2) is 38.2 Å². The summed E-state index contributed by atoms with van der Waals surface area (Å²) >= 11 is 3.01. The molecule has 0 aliphatic heterocycles. The van der Waals surface area contributed by atoms with Crippen LogP contribution in [0, 0.1) is 0 Å². The van der Waals surface area contributed by atoms with Gasteiger partial charge in [-0.15, -0.1) is 21.5 Å². The Bertz CT molecular complexity index is 982. The molecular weight excluding hydrogens is 404 g/mol. The first-order chi connectivity index (χ1) is 14.1. The predicted molar refractivity (Wildman–Crippen MR) is 115 cm³/mol. The summed E-state index contributed by atoms with van der Waals surface area (Å²) in [5.41, 5.74) is 1.02. The molecule has 6 nitrogen and oxygen atoms in total. The van der Waals surface area contributed by atoms with Gasteiger partial charge in [-0.1, -0.05) is 48.2 Å². The molecule has 1 aliphatic carbocycles. The number of carbonyl (C=O) groups is 2. The Balaban J connectivity index is 1.40. The van der Waals surface area contributed by atoms with Crippen LogP contribution in [0.4, 0.5) is 0 Å². The summed E-state index contributed by atoms with van der Waals surface area (Å²) in [4.78, 5) is 25.6. The van der Waals surface area contributed by atoms with Gasteiger partial charge in [-0.05, 0) is 43.2 Å². The molecule has 29 heavy (non-hydrogen) atoms. The van der Waals surface area contributed by atoms with Crippen molar-refractivity contribution in [3.05, 3.63) is 53.4 Å². The molecule has 3 aromatic rings. The molecule has 0 spiro atoms. The quantitative estimate of drug-likeness (QED) is 0.527. The molecular formula is C21H22N4O2S2. The average Bonchev–Trinajstić information content (AvgIpc) is 3.24. The van der Waals surface area contributed by atoms with Crippen LogP contribution in [0.1, 0.15) is 31.4 Å². The fraction of sp³-hybridized carbons (Fsp3) is 0.333. The lowest BCUT2D eigenvalue weighted by Gasteiger charge is -2.16. The van der Waals surface area contributed by atoms with E-state index in [-0.39, 0.29) is 17.4 Å². The number of ketones is 1. The molecule has 1 amide bonds. The molecule has 0 radical (unpaired) electrons. The normalized spacial score (nSPS) is 14.5. The summed E-state index contributed by atoms with van der Waals surface area (Å²) in [5, 5.41) is 14.3. The van der Waals surface area contributed by atoms with Gasteiger partial charge in [-0.3, -0.25) is 14.2 Å². The summed E-state index contributed by atoms with van der Waals surface area (Å²) in [6, 6.07) is 13.6. The third-order valence-electron chi connectivity index (χ3n) is 4.76. The van der Waals surface area contributed by atoms with Gasteiger partial charge in [0.1, 0.15) is 0 Å². The molecule has 0 saturated heterocycles. The molecule has 0 bridgehead atoms. The van der Waals surface area contributed by atoms with Crippen molar-refractivity contribution in [2.75, 3.05) is 5.75 Å². The van der Waals surface area contributed by atoms with Crippen molar-refractivity contribution in [1.29, 1.82) is 0 Å². The van der Waals surface area contributed by atoms with Gasteiger partial charge in [-0.25, -0.2) is 0 Å². The van der Waals surface area contributed by atoms with E-state index in [9.17, 15) is 9.59 Å². The van der Waals surface area contributed by atoms with Gasteiger partial charge < -0.3 is 5.32 Å². The number of carbonyl (C=O) groups excluding carboxylic acids is 2. The second kappa shape index (κ2) is 8.92. The first-order valence-electron chi connectivity index (χ1n) is 9.57. The molecule has 1 fully saturated rings. The minimum absolute atomic E-state index is 0.0478. The van der Waals surface area contributed by atoms with E-state index in [1.54, 1.807) is 11.3 Å². The van der Waals surface area contributed by atoms with Crippen molar-refractivity contribution in [2.24, 2.45) is 0 Å². The van der Waals surface area contributed by atoms with E-state index >= 15 is 0 Å². The third-order valence-corrected chi connectivity index (χ3v) is 6.57. The van der Waals surface area contributed by atoms with Crippen molar-refractivity contribution in [3.8, 4) is 10.7 Å². The van der Waals surface area contributed by atoms with Crippen LogP contribution in [0.2, 0.25) is 0 Å². The molecule has 2 heterocycles. The fourth-order valence-electron chi connectivity index (χ4n) is 3.12. The summed E-state index contributed by atoms with van der Waals surface area (Å²) in [6.07, 6.45) is 2.71. The minimum Gasteiger partial charge on any atom is -0.345 e. The van der Waals surface area contributed by atoms with Crippen molar-refractivity contribution in [3.63, 3.8) is 0 Å². The van der Waals surface area contributed by atoms with Crippen molar-refractivity contribution in [2.45, 2.75) is 43.4 Å². The highest BCUT2D eigenvalue weighted by molar-refractivity contribution is 7.99. The highest BCUT2D eigenvalue weighted by atomic mass is 32.2. The van der Waals surface area contributed by atoms with E-state index in [0.717, 1.165) is 34.3 Å². The number of amides is 1. The number of hydrogen-bond donors (Lipinski definition) is 1. The number of nitrogens with zero attached hydrogens (tertiary/aromatic N) is 3. The number of benzene rings is 1. The summed E-state index contributed by atoms with van der Waals surface area (Å²) in [5.74, 6) is 0.854. The van der Waals surface area contributed by atoms with Gasteiger partial charge in [0.05, 0.1) is 16.7 Å². The maximum absolute atomic E-state index is 12.5. The van der Waals surface area contributed by atoms with Gasteiger partial charge >= 0.3 is 0 Å². The Morgan fingerprint density at radius 1 is 1.21 bits per heavy atom. The van der Waals surface area contributed by atoms with E-state index in [4.69, 9.17) is 0 Å². The second-order valence-corrected chi connectivity index (χ2v) is 8.98. The zero-order valence-electron chi connectivity index (χ0n) is 16.1. The van der Waals surface area contributed by atoms with Crippen LogP contribution >= 0.6 is 23.1 Å². The van der Waals surface area contributed by atoms with E-state index in [1.165, 1.54) is 18.7 Å². The van der Waals surface area contributed by atoms with Gasteiger partial charge in [-0.2, -0.15) is 0 Å². The SMILES string of the molecule is CC(=O)[C@H](Cc1ccccc1)NC(=O)CSc1nnc(-c2cccs2)n1C1CC1. The number of nitrogens with one attached hydrogen (secondary N) is 1. The molecule has 1 aromatic carbocycles. The molecule has 1 N–H and O–H groups in total. The molecule has 1 atom stereocenters. The van der Waals surface area contributed by atoms with Crippen LogP contribution in [0.15, 0.2) is 53.0 Å². The van der Waals surface area contributed by atoms with Crippen LogP contribution < -0.4 is 5.32 Å². The summed E-state index contributed by atoms with van der Waals surface area (Å²) < 4.78 is 2.15. The van der Waals surface area contributed by atoms with Crippen molar-refractivity contribution in [1.82, 2.24) is 20.1 Å². The standard InChI is InChI=1S/C21H22N4O2S2/c1-14(26)17(12-15-6-3-2-4-7-15)22-19(27)13-29-21-24-23-20(18-8-5-11-28-18)25(21)16-9-10-16/h2-8,11,16-17H,9-10,12-13H2,1H3,(H,22,27)/t17-/m0/s1. The first kappa shape index (κ1) is 19.8. The average molecular weight is 427 g/mol. The highest BCUT2D eigenvalue weighted by Crippen LogP contribution is 2.41. The van der Waals surface area contributed by atoms with Crippen LogP contribution in [0.5, 0.6) is 0 Å². The monoisotopic (exact) mass is 426 g/mol. The zero-order chi connectivity index (χ0) is 20.2. The molecule has 1 aliphatic rings. The topological polar surface area (TPSA) is 76.9 Å². The number of thioether (sulfide) groups is 1. The van der Waals surface area contributed by atoms with Crippen LogP contribution in [0.3, 0.4) is 0 Å². The van der Waals surface area contributed by atoms with Crippen LogP contribution in [0.25, 0.3) is 10.7 Å². The van der Waals surface area contributed by atoms with Gasteiger partial charge in [0.15, 0.2) is 16.8 Å². The smallest absolute Gasteiger partial charge is 0.231 e. The Hall–Kier alpha value is -2.45. The van der Waals surface area contributed by atoms with Gasteiger partial charge in [0.2, 0.25) is 5.91 Å². The van der Waals surface area contributed by atoms with Crippen LogP contribution in [-0.2, 0) is 16.0 Å². The molecule has 4 rings (SSSR count). The number of Topliss-reactive ketones (excluding diaryl/α,β-unsaturated/α-hetero) is 1. The van der Waals surface area contributed by atoms with Crippen molar-refractivity contribution >= 4 is 34.8 Å². The van der Waals surface area contributed by atoms with E-state index in [2.05, 4.69) is 20.1 Å². The Morgan fingerprint density at radius 3 is 2.66 bits per heavy atom. The van der Waals surface area contributed by atoms with Gasteiger partial charge in [0.25, 0.3) is 0 Å². The van der Waals surface area contributed by atoms with Crippen molar-refractivity contribution < 1.29 is 9.59 Å². The fourth-order valence-corrected chi connectivity index (χ4v) is 4.65. The Kier molecular flexibility index (Phi) is 6.10. The predicted octanol–water partition coefficient (Wildman–Crippen LogP) is 3.75. The van der Waals surface area contributed by atoms with Gasteiger partial charge in [0, 0.05) is 6.04 Å². The maximum atomic E-state index is 12.5. The Labute approximate surface area is 177 Å². The number of aromatic nitrogens is 3. The number of hydrogen-bond acceptors (Lipinski definition) is 6.